The van der Waals surface area contributed by atoms with E-state index in [2.05, 4.69) is 15.6 Å². The molecule has 0 radical (unpaired) electrons. The highest BCUT2D eigenvalue weighted by atomic mass is 127. The standard InChI is InChI=1S/C20H32N4O3.HI/c1-21-20(22-13-19(25)23-16-8-6-5-7-9-16)24(2)14-15-10-11-17(26-3)12-18(15)27-4;/h10-12,16H,5-9,13-14H2,1-4H3,(H,21,22)(H,23,25);1H. The van der Waals surface area contributed by atoms with Gasteiger partial charge in [0.2, 0.25) is 5.91 Å². The Labute approximate surface area is 185 Å². The van der Waals surface area contributed by atoms with Crippen LogP contribution in [0, 0.1) is 0 Å². The summed E-state index contributed by atoms with van der Waals surface area (Å²) in [5, 5.41) is 6.25. The number of halogens is 1. The van der Waals surface area contributed by atoms with Crippen LogP contribution in [0.5, 0.6) is 11.5 Å². The van der Waals surface area contributed by atoms with Crippen LogP contribution in [0.3, 0.4) is 0 Å². The Bertz CT molecular complexity index is 648. The number of aliphatic imine (C=N–C) groups is 1. The maximum Gasteiger partial charge on any atom is 0.239 e. The van der Waals surface area contributed by atoms with Gasteiger partial charge in [-0.25, -0.2) is 0 Å². The van der Waals surface area contributed by atoms with E-state index in [0.717, 1.165) is 29.9 Å². The smallest absolute Gasteiger partial charge is 0.239 e. The van der Waals surface area contributed by atoms with E-state index < -0.39 is 0 Å². The Hall–Kier alpha value is -1.71. The summed E-state index contributed by atoms with van der Waals surface area (Å²) in [7, 11) is 6.91. The molecule has 7 nitrogen and oxygen atoms in total. The lowest BCUT2D eigenvalue weighted by Gasteiger charge is -2.25. The molecule has 1 aliphatic carbocycles. The zero-order valence-corrected chi connectivity index (χ0v) is 19.6. The average molecular weight is 504 g/mol. The van der Waals surface area contributed by atoms with Gasteiger partial charge in [0.15, 0.2) is 5.96 Å². The number of nitrogens with one attached hydrogen (secondary N) is 2. The molecule has 0 bridgehead atoms. The van der Waals surface area contributed by atoms with Gasteiger partial charge in [-0.15, -0.1) is 24.0 Å². The van der Waals surface area contributed by atoms with Crippen molar-refractivity contribution in [2.75, 3.05) is 34.9 Å². The molecule has 0 aromatic heterocycles. The number of guanidine groups is 1. The summed E-state index contributed by atoms with van der Waals surface area (Å²) in [6, 6.07) is 6.05. The lowest BCUT2D eigenvalue weighted by molar-refractivity contribution is -0.120. The van der Waals surface area contributed by atoms with Crippen molar-refractivity contribution in [1.29, 1.82) is 0 Å². The lowest BCUT2D eigenvalue weighted by Crippen LogP contribution is -2.46. The van der Waals surface area contributed by atoms with Crippen LogP contribution in [0.1, 0.15) is 37.7 Å². The average Bonchev–Trinajstić information content (AvgIpc) is 2.69. The number of ether oxygens (including phenoxy) is 2. The van der Waals surface area contributed by atoms with E-state index >= 15 is 0 Å². The Balaban J connectivity index is 0.00000392. The molecule has 1 aromatic rings. The first-order valence-electron chi connectivity index (χ1n) is 9.49. The SMILES string of the molecule is CN=C(NCC(=O)NC1CCCCC1)N(C)Cc1ccc(OC)cc1OC.I. The number of hydrogen-bond donors (Lipinski definition) is 2. The van der Waals surface area contributed by atoms with Gasteiger partial charge in [0.25, 0.3) is 0 Å². The first-order valence-corrected chi connectivity index (χ1v) is 9.49. The zero-order chi connectivity index (χ0) is 19.6. The molecule has 0 atom stereocenters. The van der Waals surface area contributed by atoms with Gasteiger partial charge in [-0.2, -0.15) is 0 Å². The van der Waals surface area contributed by atoms with Gasteiger partial charge in [-0.05, 0) is 25.0 Å². The molecule has 0 heterocycles. The summed E-state index contributed by atoms with van der Waals surface area (Å²) < 4.78 is 10.7. The van der Waals surface area contributed by atoms with E-state index in [0.29, 0.717) is 18.5 Å². The molecule has 0 spiro atoms. The fraction of sp³-hybridized carbons (Fsp3) is 0.600. The number of rotatable bonds is 7. The molecule has 0 saturated heterocycles. The maximum atomic E-state index is 12.2. The number of hydrogen-bond acceptors (Lipinski definition) is 4. The van der Waals surface area contributed by atoms with Gasteiger partial charge in [0.1, 0.15) is 11.5 Å². The van der Waals surface area contributed by atoms with E-state index in [1.165, 1.54) is 19.3 Å². The van der Waals surface area contributed by atoms with Gasteiger partial charge in [-0.1, -0.05) is 19.3 Å². The van der Waals surface area contributed by atoms with Gasteiger partial charge in [0.05, 0.1) is 20.8 Å². The quantitative estimate of drug-likeness (QED) is 0.340. The number of amides is 1. The minimum absolute atomic E-state index is 0. The first kappa shape index (κ1) is 24.3. The number of carbonyl (C=O) groups is 1. The number of nitrogens with zero attached hydrogens (tertiary/aromatic N) is 2. The third-order valence-corrected chi connectivity index (χ3v) is 4.85. The van der Waals surface area contributed by atoms with Crippen LogP contribution in [0.25, 0.3) is 0 Å². The lowest BCUT2D eigenvalue weighted by atomic mass is 9.95. The third kappa shape index (κ3) is 7.37. The molecule has 1 aromatic carbocycles. The van der Waals surface area contributed by atoms with Crippen molar-refractivity contribution >= 4 is 35.8 Å². The molecule has 8 heteroatoms. The number of benzene rings is 1. The second-order valence-corrected chi connectivity index (χ2v) is 6.84. The predicted molar refractivity (Wildman–Crippen MR) is 123 cm³/mol. The maximum absolute atomic E-state index is 12.2. The summed E-state index contributed by atoms with van der Waals surface area (Å²) in [5.74, 6) is 2.18. The van der Waals surface area contributed by atoms with Crippen LogP contribution in [0.2, 0.25) is 0 Å². The molecule has 2 rings (SSSR count). The van der Waals surface area contributed by atoms with Crippen LogP contribution in [0.4, 0.5) is 0 Å². The molecule has 0 unspecified atom stereocenters. The van der Waals surface area contributed by atoms with Crippen molar-refractivity contribution in [1.82, 2.24) is 15.5 Å². The van der Waals surface area contributed by atoms with Crippen LogP contribution in [-0.2, 0) is 11.3 Å². The Morgan fingerprint density at radius 1 is 1.21 bits per heavy atom. The van der Waals surface area contributed by atoms with Crippen molar-refractivity contribution < 1.29 is 14.3 Å². The van der Waals surface area contributed by atoms with Gasteiger partial charge in [-0.3, -0.25) is 9.79 Å². The minimum Gasteiger partial charge on any atom is -0.497 e. The van der Waals surface area contributed by atoms with Crippen LogP contribution in [-0.4, -0.2) is 57.7 Å². The molecule has 1 saturated carbocycles. The van der Waals surface area contributed by atoms with E-state index in [4.69, 9.17) is 9.47 Å². The normalized spacial score (nSPS) is 14.6. The van der Waals surface area contributed by atoms with Crippen LogP contribution >= 0.6 is 24.0 Å². The van der Waals surface area contributed by atoms with Crippen molar-refractivity contribution in [3.05, 3.63) is 23.8 Å². The molecular weight excluding hydrogens is 471 g/mol. The molecule has 0 aliphatic heterocycles. The third-order valence-electron chi connectivity index (χ3n) is 4.85. The fourth-order valence-electron chi connectivity index (χ4n) is 3.38. The molecule has 1 aliphatic rings. The molecule has 1 amide bonds. The highest BCUT2D eigenvalue weighted by Crippen LogP contribution is 2.25. The van der Waals surface area contributed by atoms with Gasteiger partial charge in [0, 0.05) is 38.3 Å². The monoisotopic (exact) mass is 504 g/mol. The summed E-state index contributed by atoms with van der Waals surface area (Å²) in [4.78, 5) is 18.4. The summed E-state index contributed by atoms with van der Waals surface area (Å²) in [6.45, 7) is 0.810. The minimum atomic E-state index is 0. The highest BCUT2D eigenvalue weighted by molar-refractivity contribution is 14.0. The zero-order valence-electron chi connectivity index (χ0n) is 17.3. The summed E-state index contributed by atoms with van der Waals surface area (Å²) in [5.41, 5.74) is 1.01. The molecule has 28 heavy (non-hydrogen) atoms. The number of carbonyl (C=O) groups excluding carboxylic acids is 1. The number of methoxy groups -OCH3 is 2. The van der Waals surface area contributed by atoms with Gasteiger partial charge < -0.3 is 25.0 Å². The second-order valence-electron chi connectivity index (χ2n) is 6.84. The highest BCUT2D eigenvalue weighted by Gasteiger charge is 2.16. The summed E-state index contributed by atoms with van der Waals surface area (Å²) in [6.07, 6.45) is 5.84. The van der Waals surface area contributed by atoms with E-state index in [-0.39, 0.29) is 36.4 Å². The van der Waals surface area contributed by atoms with Crippen molar-refractivity contribution in [3.63, 3.8) is 0 Å². The molecule has 2 N–H and O–H groups in total. The van der Waals surface area contributed by atoms with Crippen LogP contribution < -0.4 is 20.1 Å². The Morgan fingerprint density at radius 2 is 1.93 bits per heavy atom. The van der Waals surface area contributed by atoms with Crippen molar-refractivity contribution in [2.45, 2.75) is 44.7 Å². The van der Waals surface area contributed by atoms with Gasteiger partial charge >= 0.3 is 0 Å². The Morgan fingerprint density at radius 3 is 2.54 bits per heavy atom. The summed E-state index contributed by atoms with van der Waals surface area (Å²) >= 11 is 0. The van der Waals surface area contributed by atoms with Crippen LogP contribution in [0.15, 0.2) is 23.2 Å². The van der Waals surface area contributed by atoms with Crippen molar-refractivity contribution in [2.24, 2.45) is 4.99 Å². The first-order chi connectivity index (χ1) is 13.1. The Kier molecular flexibility index (Phi) is 11.0. The van der Waals surface area contributed by atoms with E-state index in [1.54, 1.807) is 21.3 Å². The van der Waals surface area contributed by atoms with E-state index in [1.807, 2.05) is 30.1 Å². The predicted octanol–water partition coefficient (Wildman–Crippen LogP) is 2.78. The second kappa shape index (κ2) is 12.7. The van der Waals surface area contributed by atoms with E-state index in [9.17, 15) is 4.79 Å². The fourth-order valence-corrected chi connectivity index (χ4v) is 3.38. The molecular formula is C20H33IN4O3. The molecule has 158 valence electrons. The largest absolute Gasteiger partial charge is 0.497 e. The molecule has 1 fully saturated rings. The van der Waals surface area contributed by atoms with Crippen molar-refractivity contribution in [3.8, 4) is 11.5 Å². The topological polar surface area (TPSA) is 75.2 Å².